The van der Waals surface area contributed by atoms with Crippen molar-refractivity contribution in [3.63, 3.8) is 0 Å². The number of hydrogen-bond donors (Lipinski definition) is 1. The molecule has 0 aliphatic rings. The van der Waals surface area contributed by atoms with Crippen molar-refractivity contribution >= 4 is 28.3 Å². The van der Waals surface area contributed by atoms with Crippen LogP contribution in [0.4, 0.5) is 5.69 Å². The standard InChI is InChI=1S/C24H20N2O5/c1-14-18-6-5-17(26-24(28)15-8-10-25-11-9-15)13-20(18)31-23(14)22(27)16-4-7-19(29-2)21(12-16)30-3/h4-13H,1-3H3,(H,26,28). The van der Waals surface area contributed by atoms with Crippen LogP contribution in [0.15, 0.2) is 65.3 Å². The molecule has 0 aliphatic heterocycles. The van der Waals surface area contributed by atoms with Gasteiger partial charge in [-0.1, -0.05) is 0 Å². The van der Waals surface area contributed by atoms with Crippen LogP contribution < -0.4 is 14.8 Å². The molecule has 1 amide bonds. The number of carbonyl (C=O) groups excluding carboxylic acids is 2. The highest BCUT2D eigenvalue weighted by atomic mass is 16.5. The topological polar surface area (TPSA) is 90.7 Å². The SMILES string of the molecule is COc1ccc(C(=O)c2oc3cc(NC(=O)c4ccncc4)ccc3c2C)cc1OC. The molecule has 0 unspecified atom stereocenters. The molecule has 0 radical (unpaired) electrons. The minimum absolute atomic E-state index is 0.236. The number of aromatic nitrogens is 1. The Morgan fingerprint density at radius 3 is 2.35 bits per heavy atom. The maximum Gasteiger partial charge on any atom is 0.255 e. The molecular formula is C24H20N2O5. The average molecular weight is 416 g/mol. The van der Waals surface area contributed by atoms with Gasteiger partial charge in [-0.25, -0.2) is 0 Å². The predicted octanol–water partition coefficient (Wildman–Crippen LogP) is 4.64. The van der Waals surface area contributed by atoms with E-state index in [0.717, 1.165) is 10.9 Å². The second-order valence-corrected chi connectivity index (χ2v) is 6.86. The first-order chi connectivity index (χ1) is 15.0. The van der Waals surface area contributed by atoms with Crippen LogP contribution in [-0.2, 0) is 0 Å². The molecule has 0 saturated heterocycles. The number of ketones is 1. The molecule has 0 spiro atoms. The van der Waals surface area contributed by atoms with Crippen molar-refractivity contribution in [2.24, 2.45) is 0 Å². The second-order valence-electron chi connectivity index (χ2n) is 6.86. The van der Waals surface area contributed by atoms with E-state index in [9.17, 15) is 9.59 Å². The smallest absolute Gasteiger partial charge is 0.255 e. The highest BCUT2D eigenvalue weighted by Crippen LogP contribution is 2.32. The lowest BCUT2D eigenvalue weighted by Crippen LogP contribution is -2.11. The number of nitrogens with one attached hydrogen (secondary N) is 1. The zero-order chi connectivity index (χ0) is 22.0. The number of aryl methyl sites for hydroxylation is 1. The number of anilines is 1. The quantitative estimate of drug-likeness (QED) is 0.461. The number of methoxy groups -OCH3 is 2. The number of amides is 1. The number of pyridine rings is 1. The third-order valence-corrected chi connectivity index (χ3v) is 4.99. The number of furan rings is 1. The van der Waals surface area contributed by atoms with Crippen molar-refractivity contribution in [1.82, 2.24) is 4.98 Å². The van der Waals surface area contributed by atoms with Gasteiger partial charge in [-0.2, -0.15) is 0 Å². The summed E-state index contributed by atoms with van der Waals surface area (Å²) in [4.78, 5) is 29.4. The lowest BCUT2D eigenvalue weighted by Gasteiger charge is -2.08. The van der Waals surface area contributed by atoms with Gasteiger partial charge >= 0.3 is 0 Å². The minimum Gasteiger partial charge on any atom is -0.493 e. The summed E-state index contributed by atoms with van der Waals surface area (Å²) in [5.41, 5.74) is 2.71. The van der Waals surface area contributed by atoms with Crippen molar-refractivity contribution in [3.05, 3.63) is 83.4 Å². The normalized spacial score (nSPS) is 10.7. The molecule has 0 saturated carbocycles. The van der Waals surface area contributed by atoms with E-state index in [1.165, 1.54) is 14.2 Å². The molecule has 0 aliphatic carbocycles. The Labute approximate surface area is 178 Å². The van der Waals surface area contributed by atoms with Crippen molar-refractivity contribution in [1.29, 1.82) is 0 Å². The first-order valence-electron chi connectivity index (χ1n) is 9.53. The van der Waals surface area contributed by atoms with Crippen LogP contribution in [0.3, 0.4) is 0 Å². The van der Waals surface area contributed by atoms with Gasteiger partial charge in [-0.3, -0.25) is 14.6 Å². The Bertz CT molecular complexity index is 1280. The Morgan fingerprint density at radius 1 is 0.903 bits per heavy atom. The highest BCUT2D eigenvalue weighted by molar-refractivity contribution is 6.11. The number of nitrogens with zero attached hydrogens (tertiary/aromatic N) is 1. The molecule has 0 fully saturated rings. The largest absolute Gasteiger partial charge is 0.493 e. The molecule has 2 aromatic carbocycles. The molecule has 4 rings (SSSR count). The molecule has 7 heteroatoms. The molecule has 2 heterocycles. The summed E-state index contributed by atoms with van der Waals surface area (Å²) >= 11 is 0. The maximum absolute atomic E-state index is 13.1. The van der Waals surface area contributed by atoms with Gasteiger partial charge < -0.3 is 19.2 Å². The van der Waals surface area contributed by atoms with E-state index in [1.807, 2.05) is 13.0 Å². The van der Waals surface area contributed by atoms with Crippen LogP contribution in [0.25, 0.3) is 11.0 Å². The Hall–Kier alpha value is -4.13. The fourth-order valence-corrected chi connectivity index (χ4v) is 3.33. The molecule has 2 aromatic heterocycles. The number of fused-ring (bicyclic) bond motifs is 1. The summed E-state index contributed by atoms with van der Waals surface area (Å²) in [6.07, 6.45) is 3.11. The van der Waals surface area contributed by atoms with Crippen LogP contribution >= 0.6 is 0 Å². The minimum atomic E-state index is -0.267. The van der Waals surface area contributed by atoms with Gasteiger partial charge in [0.2, 0.25) is 5.78 Å². The van der Waals surface area contributed by atoms with Gasteiger partial charge in [0.25, 0.3) is 5.91 Å². The van der Waals surface area contributed by atoms with E-state index < -0.39 is 0 Å². The summed E-state index contributed by atoms with van der Waals surface area (Å²) in [5, 5.41) is 3.62. The summed E-state index contributed by atoms with van der Waals surface area (Å²) in [6.45, 7) is 1.83. The number of benzene rings is 2. The van der Waals surface area contributed by atoms with Gasteiger partial charge in [0, 0.05) is 46.2 Å². The maximum atomic E-state index is 13.1. The molecular weight excluding hydrogens is 396 g/mol. The lowest BCUT2D eigenvalue weighted by molar-refractivity contribution is 0.101. The predicted molar refractivity (Wildman–Crippen MR) is 116 cm³/mol. The molecule has 0 bridgehead atoms. The van der Waals surface area contributed by atoms with Gasteiger partial charge in [0.1, 0.15) is 5.58 Å². The summed E-state index contributed by atoms with van der Waals surface area (Å²) in [5.74, 6) is 0.710. The molecule has 156 valence electrons. The second kappa shape index (κ2) is 8.31. The van der Waals surface area contributed by atoms with Crippen LogP contribution in [0.2, 0.25) is 0 Å². The van der Waals surface area contributed by atoms with Gasteiger partial charge in [0.05, 0.1) is 14.2 Å². The molecule has 4 aromatic rings. The third-order valence-electron chi connectivity index (χ3n) is 4.99. The molecule has 0 atom stereocenters. The van der Waals surface area contributed by atoms with Crippen LogP contribution in [-0.4, -0.2) is 30.9 Å². The molecule has 1 N–H and O–H groups in total. The fourth-order valence-electron chi connectivity index (χ4n) is 3.33. The summed E-state index contributed by atoms with van der Waals surface area (Å²) in [6, 6.07) is 13.5. The van der Waals surface area contributed by atoms with E-state index in [-0.39, 0.29) is 17.5 Å². The monoisotopic (exact) mass is 416 g/mol. The van der Waals surface area contributed by atoms with E-state index in [1.54, 1.807) is 54.9 Å². The van der Waals surface area contributed by atoms with Crippen molar-refractivity contribution in [3.8, 4) is 11.5 Å². The zero-order valence-corrected chi connectivity index (χ0v) is 17.3. The van der Waals surface area contributed by atoms with E-state index in [2.05, 4.69) is 10.3 Å². The zero-order valence-electron chi connectivity index (χ0n) is 17.3. The van der Waals surface area contributed by atoms with E-state index in [0.29, 0.717) is 33.9 Å². The van der Waals surface area contributed by atoms with Crippen molar-refractivity contribution in [2.45, 2.75) is 6.92 Å². The lowest BCUT2D eigenvalue weighted by atomic mass is 10.0. The van der Waals surface area contributed by atoms with Crippen molar-refractivity contribution < 1.29 is 23.5 Å². The number of ether oxygens (including phenoxy) is 2. The van der Waals surface area contributed by atoms with Gasteiger partial charge in [-0.15, -0.1) is 0 Å². The highest BCUT2D eigenvalue weighted by Gasteiger charge is 2.21. The molecule has 7 nitrogen and oxygen atoms in total. The fraction of sp³-hybridized carbons (Fsp3) is 0.125. The van der Waals surface area contributed by atoms with Gasteiger partial charge in [-0.05, 0) is 49.4 Å². The van der Waals surface area contributed by atoms with Crippen LogP contribution in [0.5, 0.6) is 11.5 Å². The number of rotatable bonds is 6. The first kappa shape index (κ1) is 20.2. The third kappa shape index (κ3) is 3.85. The molecule has 31 heavy (non-hydrogen) atoms. The average Bonchev–Trinajstić information content (AvgIpc) is 3.14. The Balaban J connectivity index is 1.65. The van der Waals surface area contributed by atoms with Crippen LogP contribution in [0.1, 0.15) is 32.0 Å². The van der Waals surface area contributed by atoms with Gasteiger partial charge in [0.15, 0.2) is 17.3 Å². The Kier molecular flexibility index (Phi) is 5.41. The summed E-state index contributed by atoms with van der Waals surface area (Å²) < 4.78 is 16.4. The van der Waals surface area contributed by atoms with E-state index in [4.69, 9.17) is 13.9 Å². The summed E-state index contributed by atoms with van der Waals surface area (Å²) in [7, 11) is 3.05. The first-order valence-corrected chi connectivity index (χ1v) is 9.53. The number of hydrogen-bond acceptors (Lipinski definition) is 6. The van der Waals surface area contributed by atoms with Crippen molar-refractivity contribution in [2.75, 3.05) is 19.5 Å². The van der Waals surface area contributed by atoms with E-state index >= 15 is 0 Å². The number of carbonyl (C=O) groups is 2. The Morgan fingerprint density at radius 2 is 1.65 bits per heavy atom. The van der Waals surface area contributed by atoms with Crippen LogP contribution in [0, 0.1) is 6.92 Å².